The maximum atomic E-state index is 12.3. The number of fused-ring (bicyclic) bond motifs is 2. The molecule has 21 heavy (non-hydrogen) atoms. The van der Waals surface area contributed by atoms with E-state index in [0.717, 1.165) is 5.57 Å². The molecular weight excluding hydrogens is 272 g/mol. The fourth-order valence-corrected chi connectivity index (χ4v) is 4.81. The Morgan fingerprint density at radius 1 is 1.33 bits per heavy atom. The maximum Gasteiger partial charge on any atom is 0.316 e. The first-order valence-corrected chi connectivity index (χ1v) is 7.32. The van der Waals surface area contributed by atoms with Crippen LogP contribution in [0.5, 0.6) is 0 Å². The highest BCUT2D eigenvalue weighted by atomic mass is 16.6. The Balaban J connectivity index is 1.92. The first kappa shape index (κ1) is 13.1. The van der Waals surface area contributed by atoms with Crippen LogP contribution < -0.4 is 0 Å². The summed E-state index contributed by atoms with van der Waals surface area (Å²) in [6, 6.07) is 0. The molecule has 6 atom stereocenters. The van der Waals surface area contributed by atoms with Gasteiger partial charge in [-0.1, -0.05) is 19.1 Å². The highest BCUT2D eigenvalue weighted by molar-refractivity contribution is 5.83. The van der Waals surface area contributed by atoms with E-state index in [4.69, 9.17) is 9.47 Å². The summed E-state index contributed by atoms with van der Waals surface area (Å²) in [5, 5.41) is 10.6. The molecule has 0 aromatic rings. The standard InChI is InChI=1S/C16H18O5/c1-15-4-3-11(17)16(2)9-6-12(18)20-7-8(9)5-10(13(15)16)21-14(15)19/h3-5,9-11,13,17H,6-7H2,1-2H3/t9-,10+,11+,13-,15-,16-/m0/s1. The summed E-state index contributed by atoms with van der Waals surface area (Å²) >= 11 is 0. The number of hydrogen-bond donors (Lipinski definition) is 1. The van der Waals surface area contributed by atoms with Crippen molar-refractivity contribution in [3.8, 4) is 0 Å². The first-order chi connectivity index (χ1) is 9.87. The van der Waals surface area contributed by atoms with Crippen LogP contribution in [0.2, 0.25) is 0 Å². The first-order valence-electron chi connectivity index (χ1n) is 7.32. The zero-order chi connectivity index (χ0) is 15.0. The van der Waals surface area contributed by atoms with Crippen LogP contribution in [-0.2, 0) is 19.1 Å². The molecule has 2 aliphatic carbocycles. The fraction of sp³-hybridized carbons (Fsp3) is 0.625. The number of esters is 2. The van der Waals surface area contributed by atoms with Gasteiger partial charge in [0.15, 0.2) is 0 Å². The van der Waals surface area contributed by atoms with Gasteiger partial charge in [0.05, 0.1) is 17.9 Å². The molecule has 1 N–H and O–H groups in total. The van der Waals surface area contributed by atoms with Gasteiger partial charge in [-0.25, -0.2) is 0 Å². The van der Waals surface area contributed by atoms with Gasteiger partial charge in [-0.2, -0.15) is 0 Å². The molecular formula is C16H18O5. The Hall–Kier alpha value is -1.62. The summed E-state index contributed by atoms with van der Waals surface area (Å²) in [5.74, 6) is -0.758. The molecule has 2 aliphatic heterocycles. The Morgan fingerprint density at radius 3 is 2.86 bits per heavy atom. The van der Waals surface area contributed by atoms with Crippen LogP contribution in [0.25, 0.3) is 0 Å². The van der Waals surface area contributed by atoms with Gasteiger partial charge in [0.25, 0.3) is 0 Å². The van der Waals surface area contributed by atoms with Crippen LogP contribution in [0, 0.1) is 22.7 Å². The number of carbonyl (C=O) groups is 2. The van der Waals surface area contributed by atoms with E-state index < -0.39 is 16.9 Å². The van der Waals surface area contributed by atoms with Crippen molar-refractivity contribution in [2.24, 2.45) is 22.7 Å². The third-order valence-electron chi connectivity index (χ3n) is 5.94. The zero-order valence-electron chi connectivity index (χ0n) is 12.0. The normalized spacial score (nSPS) is 50.7. The molecule has 0 spiro atoms. The molecule has 0 unspecified atom stereocenters. The predicted molar refractivity (Wildman–Crippen MR) is 71.9 cm³/mol. The fourth-order valence-electron chi connectivity index (χ4n) is 4.81. The number of cyclic esters (lactones) is 1. The van der Waals surface area contributed by atoms with Gasteiger partial charge < -0.3 is 14.6 Å². The van der Waals surface area contributed by atoms with E-state index in [1.807, 2.05) is 19.9 Å². The van der Waals surface area contributed by atoms with Crippen molar-refractivity contribution in [2.75, 3.05) is 6.61 Å². The van der Waals surface area contributed by atoms with Crippen molar-refractivity contribution >= 4 is 11.9 Å². The molecule has 0 bridgehead atoms. The number of ether oxygens (including phenoxy) is 2. The van der Waals surface area contributed by atoms with Gasteiger partial charge in [-0.05, 0) is 18.6 Å². The summed E-state index contributed by atoms with van der Waals surface area (Å²) in [4.78, 5) is 24.0. The molecule has 5 nitrogen and oxygen atoms in total. The van der Waals surface area contributed by atoms with E-state index in [-0.39, 0.29) is 42.9 Å². The lowest BCUT2D eigenvalue weighted by Gasteiger charge is -2.54. The lowest BCUT2D eigenvalue weighted by atomic mass is 9.48. The smallest absolute Gasteiger partial charge is 0.316 e. The summed E-state index contributed by atoms with van der Waals surface area (Å²) in [7, 11) is 0. The van der Waals surface area contributed by atoms with Gasteiger partial charge in [0.2, 0.25) is 0 Å². The topological polar surface area (TPSA) is 72.8 Å². The van der Waals surface area contributed by atoms with E-state index in [1.165, 1.54) is 0 Å². The zero-order valence-corrected chi connectivity index (χ0v) is 12.0. The highest BCUT2D eigenvalue weighted by Gasteiger charge is 2.67. The second-order valence-corrected chi connectivity index (χ2v) is 6.96. The van der Waals surface area contributed by atoms with E-state index in [2.05, 4.69) is 0 Å². The molecule has 2 fully saturated rings. The lowest BCUT2D eigenvalue weighted by molar-refractivity contribution is -0.154. The third kappa shape index (κ3) is 1.40. The van der Waals surface area contributed by atoms with Gasteiger partial charge in [0.1, 0.15) is 12.7 Å². The molecule has 0 radical (unpaired) electrons. The van der Waals surface area contributed by atoms with E-state index in [0.29, 0.717) is 0 Å². The molecule has 2 saturated heterocycles. The van der Waals surface area contributed by atoms with Crippen LogP contribution in [0.15, 0.2) is 23.8 Å². The van der Waals surface area contributed by atoms with Crippen molar-refractivity contribution < 1.29 is 24.2 Å². The minimum atomic E-state index is -0.734. The summed E-state index contributed by atoms with van der Waals surface area (Å²) in [6.07, 6.45) is 4.58. The van der Waals surface area contributed by atoms with Crippen molar-refractivity contribution in [3.05, 3.63) is 23.8 Å². The lowest BCUT2D eigenvalue weighted by Crippen LogP contribution is -2.58. The Morgan fingerprint density at radius 2 is 2.10 bits per heavy atom. The second kappa shape index (κ2) is 3.77. The Bertz CT molecular complexity index is 606. The molecule has 4 aliphatic rings. The Kier molecular flexibility index (Phi) is 2.35. The molecule has 0 aromatic carbocycles. The SMILES string of the molecule is C[C@@]12[C@H](O)C=C[C@]3(C)C(=O)O[C@H](C=C4COC(=O)C[C@@H]41)[C@H]23. The average molecular weight is 290 g/mol. The average Bonchev–Trinajstić information content (AvgIpc) is 2.69. The van der Waals surface area contributed by atoms with Gasteiger partial charge in [-0.15, -0.1) is 0 Å². The van der Waals surface area contributed by atoms with Crippen LogP contribution in [0.4, 0.5) is 0 Å². The van der Waals surface area contributed by atoms with Crippen molar-refractivity contribution in [2.45, 2.75) is 32.5 Å². The summed E-state index contributed by atoms with van der Waals surface area (Å²) in [5.41, 5.74) is -0.365. The van der Waals surface area contributed by atoms with E-state index in [9.17, 15) is 14.7 Å². The third-order valence-corrected chi connectivity index (χ3v) is 5.94. The van der Waals surface area contributed by atoms with Crippen LogP contribution in [0.1, 0.15) is 20.3 Å². The summed E-state index contributed by atoms with van der Waals surface area (Å²) in [6.45, 7) is 4.06. The Labute approximate surface area is 122 Å². The largest absolute Gasteiger partial charge is 0.461 e. The molecule has 5 heteroatoms. The van der Waals surface area contributed by atoms with Crippen molar-refractivity contribution in [1.29, 1.82) is 0 Å². The van der Waals surface area contributed by atoms with Crippen LogP contribution >= 0.6 is 0 Å². The summed E-state index contributed by atoms with van der Waals surface area (Å²) < 4.78 is 10.7. The molecule has 4 rings (SSSR count). The van der Waals surface area contributed by atoms with Gasteiger partial charge in [0, 0.05) is 17.3 Å². The number of hydrogen-bond acceptors (Lipinski definition) is 5. The monoisotopic (exact) mass is 290 g/mol. The van der Waals surface area contributed by atoms with Crippen LogP contribution in [0.3, 0.4) is 0 Å². The number of rotatable bonds is 0. The van der Waals surface area contributed by atoms with Gasteiger partial charge in [-0.3, -0.25) is 9.59 Å². The van der Waals surface area contributed by atoms with Crippen molar-refractivity contribution in [3.63, 3.8) is 0 Å². The minimum absolute atomic E-state index is 0.103. The van der Waals surface area contributed by atoms with E-state index >= 15 is 0 Å². The minimum Gasteiger partial charge on any atom is -0.461 e. The molecule has 0 aromatic heterocycles. The van der Waals surface area contributed by atoms with Gasteiger partial charge >= 0.3 is 11.9 Å². The number of aliphatic hydroxyl groups is 1. The molecule has 112 valence electrons. The second-order valence-electron chi connectivity index (χ2n) is 6.96. The molecule has 0 saturated carbocycles. The maximum absolute atomic E-state index is 12.3. The number of carbonyl (C=O) groups excluding carboxylic acids is 2. The van der Waals surface area contributed by atoms with Crippen LogP contribution in [-0.4, -0.2) is 35.9 Å². The molecule has 2 heterocycles. The quantitative estimate of drug-likeness (QED) is 0.532. The predicted octanol–water partition coefficient (Wildman–Crippen LogP) is 0.974. The molecule has 0 amide bonds. The highest BCUT2D eigenvalue weighted by Crippen LogP contribution is 2.62. The van der Waals surface area contributed by atoms with E-state index in [1.54, 1.807) is 12.2 Å². The van der Waals surface area contributed by atoms with Crippen molar-refractivity contribution in [1.82, 2.24) is 0 Å². The number of aliphatic hydroxyl groups excluding tert-OH is 1.